The van der Waals surface area contributed by atoms with Gasteiger partial charge in [0.15, 0.2) is 5.76 Å². The average Bonchev–Trinajstić information content (AvgIpc) is 3.35. The third-order valence-corrected chi connectivity index (χ3v) is 6.30. The Balaban J connectivity index is 1.50. The maximum absolute atomic E-state index is 13.0. The second-order valence-corrected chi connectivity index (χ2v) is 9.30. The Morgan fingerprint density at radius 3 is 2.41 bits per heavy atom. The first-order valence-corrected chi connectivity index (χ1v) is 12.2. The van der Waals surface area contributed by atoms with Gasteiger partial charge in [0.05, 0.1) is 17.5 Å². The van der Waals surface area contributed by atoms with Crippen LogP contribution in [-0.2, 0) is 15.8 Å². The van der Waals surface area contributed by atoms with Gasteiger partial charge in [-0.1, -0.05) is 60.7 Å². The molecule has 8 heteroatoms. The number of anilines is 1. The second-order valence-electron chi connectivity index (χ2n) is 7.49. The first kappa shape index (κ1) is 23.2. The summed E-state index contributed by atoms with van der Waals surface area (Å²) in [4.78, 5) is 17.4. The Kier molecular flexibility index (Phi) is 7.01. The number of amides is 1. The van der Waals surface area contributed by atoms with E-state index in [1.807, 2.05) is 36.4 Å². The molecule has 172 valence electrons. The van der Waals surface area contributed by atoms with Crippen LogP contribution < -0.4 is 10.0 Å². The molecule has 3 aromatic carbocycles. The van der Waals surface area contributed by atoms with Crippen molar-refractivity contribution in [3.63, 3.8) is 0 Å². The quantitative estimate of drug-likeness (QED) is 0.338. The molecule has 7 nitrogen and oxygen atoms in total. The zero-order valence-corrected chi connectivity index (χ0v) is 19.1. The van der Waals surface area contributed by atoms with Crippen LogP contribution in [0.15, 0.2) is 102 Å². The highest BCUT2D eigenvalue weighted by Crippen LogP contribution is 2.28. The Labute approximate surface area is 198 Å². The van der Waals surface area contributed by atoms with E-state index in [2.05, 4.69) is 21.6 Å². The molecule has 0 unspecified atom stereocenters. The van der Waals surface area contributed by atoms with E-state index in [-0.39, 0.29) is 18.2 Å². The van der Waals surface area contributed by atoms with Crippen molar-refractivity contribution < 1.29 is 17.6 Å². The van der Waals surface area contributed by atoms with Crippen molar-refractivity contribution in [3.8, 4) is 22.8 Å². The first-order valence-electron chi connectivity index (χ1n) is 10.5. The van der Waals surface area contributed by atoms with Gasteiger partial charge in [0.25, 0.3) is 5.91 Å². The summed E-state index contributed by atoms with van der Waals surface area (Å²) < 4.78 is 32.4. The number of nitrogens with one attached hydrogen (secondary N) is 2. The van der Waals surface area contributed by atoms with Gasteiger partial charge in [0.1, 0.15) is 0 Å². The molecule has 0 saturated heterocycles. The number of carbonyl (C=O) groups is 1. The summed E-state index contributed by atoms with van der Waals surface area (Å²) in [5.74, 6) is 0.463. The summed E-state index contributed by atoms with van der Waals surface area (Å²) in [6.07, 6.45) is 3.12. The molecule has 0 radical (unpaired) electrons. The van der Waals surface area contributed by atoms with Gasteiger partial charge in [-0.25, -0.2) is 18.1 Å². The Bertz CT molecular complexity index is 1400. The molecule has 0 saturated carbocycles. The molecule has 0 aliphatic heterocycles. The molecule has 0 aliphatic carbocycles. The smallest absolute Gasteiger partial charge is 0.256 e. The number of benzene rings is 3. The molecule has 0 aliphatic rings. The molecule has 0 bridgehead atoms. The molecule has 2 N–H and O–H groups in total. The summed E-state index contributed by atoms with van der Waals surface area (Å²) >= 11 is 0. The van der Waals surface area contributed by atoms with Crippen molar-refractivity contribution in [1.82, 2.24) is 9.71 Å². The van der Waals surface area contributed by atoms with Gasteiger partial charge in [-0.05, 0) is 29.8 Å². The summed E-state index contributed by atoms with van der Waals surface area (Å²) in [5, 5.41) is 2.84. The fraction of sp³-hybridized carbons (Fsp3) is 0.0769. The number of aromatic nitrogens is 1. The molecule has 0 atom stereocenters. The minimum Gasteiger partial charge on any atom is -0.436 e. The molecule has 4 rings (SSSR count). The predicted octanol–water partition coefficient (Wildman–Crippen LogP) is 4.87. The fourth-order valence-corrected chi connectivity index (χ4v) is 4.45. The van der Waals surface area contributed by atoms with Gasteiger partial charge in [0.2, 0.25) is 15.9 Å². The number of carbonyl (C=O) groups excluding carboxylic acids is 1. The van der Waals surface area contributed by atoms with Gasteiger partial charge in [0, 0.05) is 23.4 Å². The number of rotatable bonds is 9. The van der Waals surface area contributed by atoms with Crippen LogP contribution in [0.1, 0.15) is 15.9 Å². The van der Waals surface area contributed by atoms with Crippen LogP contribution in [0.4, 0.5) is 5.69 Å². The Hall–Kier alpha value is -4.01. The molecule has 1 heterocycles. The van der Waals surface area contributed by atoms with Crippen LogP contribution in [0.3, 0.4) is 0 Å². The Morgan fingerprint density at radius 2 is 1.68 bits per heavy atom. The van der Waals surface area contributed by atoms with Crippen LogP contribution in [0.25, 0.3) is 22.8 Å². The van der Waals surface area contributed by atoms with Crippen LogP contribution >= 0.6 is 0 Å². The zero-order chi connectivity index (χ0) is 24.0. The van der Waals surface area contributed by atoms with Crippen molar-refractivity contribution in [2.45, 2.75) is 5.75 Å². The van der Waals surface area contributed by atoms with Crippen molar-refractivity contribution in [3.05, 3.63) is 109 Å². The number of nitrogens with zero attached hydrogens (tertiary/aromatic N) is 1. The van der Waals surface area contributed by atoms with E-state index in [4.69, 9.17) is 4.42 Å². The molecular weight excluding hydrogens is 450 g/mol. The topological polar surface area (TPSA) is 101 Å². The highest BCUT2D eigenvalue weighted by Gasteiger charge is 2.17. The van der Waals surface area contributed by atoms with Crippen LogP contribution in [0.2, 0.25) is 0 Å². The molecule has 4 aromatic rings. The number of sulfonamides is 1. The summed E-state index contributed by atoms with van der Waals surface area (Å²) in [6, 6.07) is 23.3. The standard InChI is InChI=1S/C26H23N3O4S/c1-2-16-28-34(31,32)18-19-12-14-21(15-13-19)29-25(30)22-10-6-7-11-23(22)26-27-17-24(33-26)20-8-4-3-5-9-20/h2-15,17,28H,1,16,18H2,(H,29,30). The molecule has 0 spiro atoms. The van der Waals surface area contributed by atoms with Crippen LogP contribution in [0, 0.1) is 0 Å². The summed E-state index contributed by atoms with van der Waals surface area (Å²) in [7, 11) is -3.46. The average molecular weight is 474 g/mol. The predicted molar refractivity (Wildman–Crippen MR) is 133 cm³/mol. The van der Waals surface area contributed by atoms with E-state index in [0.29, 0.717) is 34.0 Å². The van der Waals surface area contributed by atoms with Gasteiger partial charge in [-0.3, -0.25) is 4.79 Å². The van der Waals surface area contributed by atoms with E-state index in [1.54, 1.807) is 48.7 Å². The lowest BCUT2D eigenvalue weighted by Crippen LogP contribution is -2.25. The monoisotopic (exact) mass is 473 g/mol. The highest BCUT2D eigenvalue weighted by atomic mass is 32.2. The lowest BCUT2D eigenvalue weighted by molar-refractivity contribution is 0.102. The minimum absolute atomic E-state index is 0.161. The first-order chi connectivity index (χ1) is 16.4. The molecule has 0 fully saturated rings. The zero-order valence-electron chi connectivity index (χ0n) is 18.3. The van der Waals surface area contributed by atoms with Crippen molar-refractivity contribution in [1.29, 1.82) is 0 Å². The van der Waals surface area contributed by atoms with Crippen LogP contribution in [-0.4, -0.2) is 25.9 Å². The maximum Gasteiger partial charge on any atom is 0.256 e. The van der Waals surface area contributed by atoms with Gasteiger partial charge < -0.3 is 9.73 Å². The van der Waals surface area contributed by atoms with Gasteiger partial charge >= 0.3 is 0 Å². The van der Waals surface area contributed by atoms with Crippen LogP contribution in [0.5, 0.6) is 0 Å². The molecular formula is C26H23N3O4S. The second kappa shape index (κ2) is 10.3. The summed E-state index contributed by atoms with van der Waals surface area (Å²) in [5.41, 5.74) is 3.01. The maximum atomic E-state index is 13.0. The van der Waals surface area contributed by atoms with Crippen molar-refractivity contribution in [2.75, 3.05) is 11.9 Å². The Morgan fingerprint density at radius 1 is 0.971 bits per heavy atom. The summed E-state index contributed by atoms with van der Waals surface area (Å²) in [6.45, 7) is 3.67. The van der Waals surface area contributed by atoms with E-state index >= 15 is 0 Å². The third kappa shape index (κ3) is 5.67. The lowest BCUT2D eigenvalue weighted by atomic mass is 10.1. The normalized spacial score (nSPS) is 11.2. The van der Waals surface area contributed by atoms with Gasteiger partial charge in [-0.15, -0.1) is 6.58 Å². The third-order valence-electron chi connectivity index (χ3n) is 4.98. The van der Waals surface area contributed by atoms with E-state index < -0.39 is 10.0 Å². The van der Waals surface area contributed by atoms with Crippen molar-refractivity contribution in [2.24, 2.45) is 0 Å². The van der Waals surface area contributed by atoms with E-state index in [9.17, 15) is 13.2 Å². The minimum atomic E-state index is -3.46. The van der Waals surface area contributed by atoms with Gasteiger partial charge in [-0.2, -0.15) is 0 Å². The highest BCUT2D eigenvalue weighted by molar-refractivity contribution is 7.88. The lowest BCUT2D eigenvalue weighted by Gasteiger charge is -2.09. The number of hydrogen-bond acceptors (Lipinski definition) is 5. The molecule has 1 aromatic heterocycles. The number of hydrogen-bond donors (Lipinski definition) is 2. The fourth-order valence-electron chi connectivity index (χ4n) is 3.34. The number of oxazole rings is 1. The van der Waals surface area contributed by atoms with Crippen molar-refractivity contribution >= 4 is 21.6 Å². The molecule has 1 amide bonds. The largest absolute Gasteiger partial charge is 0.436 e. The van der Waals surface area contributed by atoms with E-state index in [1.165, 1.54) is 6.08 Å². The molecule has 34 heavy (non-hydrogen) atoms. The van der Waals surface area contributed by atoms with E-state index in [0.717, 1.165) is 5.56 Å². The SMILES string of the molecule is C=CCNS(=O)(=O)Cc1ccc(NC(=O)c2ccccc2-c2ncc(-c3ccccc3)o2)cc1.